The van der Waals surface area contributed by atoms with Crippen LogP contribution in [0.5, 0.6) is 0 Å². The van der Waals surface area contributed by atoms with Crippen LogP contribution in [0.15, 0.2) is 24.3 Å². The normalized spacial score (nSPS) is 16.0. The van der Waals surface area contributed by atoms with Crippen molar-refractivity contribution in [1.82, 2.24) is 15.1 Å². The minimum Gasteiger partial charge on any atom is -0.338 e. The molecule has 1 aromatic carbocycles. The highest BCUT2D eigenvalue weighted by Crippen LogP contribution is 2.18. The molecule has 0 aromatic heterocycles. The van der Waals surface area contributed by atoms with E-state index in [1.165, 1.54) is 12.1 Å². The highest BCUT2D eigenvalue weighted by Gasteiger charge is 2.23. The standard InChI is InChI=1S/C19H30FN3O/c1-15(2)22(3)14-17-9-12-23(13-10-17)19(24)21-11-8-16-4-6-18(20)7-5-16/h4-7,15,17H,8-14H2,1-3H3,(H,21,24). The van der Waals surface area contributed by atoms with Gasteiger partial charge in [-0.05, 0) is 63.8 Å². The summed E-state index contributed by atoms with van der Waals surface area (Å²) in [6.45, 7) is 7.78. The lowest BCUT2D eigenvalue weighted by molar-refractivity contribution is 0.146. The molecule has 1 aliphatic heterocycles. The van der Waals surface area contributed by atoms with Gasteiger partial charge in [0.25, 0.3) is 0 Å². The molecule has 0 aliphatic carbocycles. The molecular formula is C19H30FN3O. The summed E-state index contributed by atoms with van der Waals surface area (Å²) in [4.78, 5) is 16.5. The molecule has 2 rings (SSSR count). The van der Waals surface area contributed by atoms with Crippen LogP contribution in [0.4, 0.5) is 9.18 Å². The van der Waals surface area contributed by atoms with E-state index in [0.29, 0.717) is 18.5 Å². The Kier molecular flexibility index (Phi) is 7.03. The fraction of sp³-hybridized carbons (Fsp3) is 0.632. The number of amides is 2. The molecule has 0 saturated carbocycles. The van der Waals surface area contributed by atoms with Crippen molar-refractivity contribution in [3.8, 4) is 0 Å². The fourth-order valence-corrected chi connectivity index (χ4v) is 3.01. The maximum Gasteiger partial charge on any atom is 0.317 e. The molecular weight excluding hydrogens is 305 g/mol. The monoisotopic (exact) mass is 335 g/mol. The zero-order chi connectivity index (χ0) is 17.5. The van der Waals surface area contributed by atoms with Crippen LogP contribution < -0.4 is 5.32 Å². The van der Waals surface area contributed by atoms with Gasteiger partial charge in [-0.1, -0.05) is 12.1 Å². The molecule has 1 heterocycles. The summed E-state index contributed by atoms with van der Waals surface area (Å²) in [6, 6.07) is 7.02. The number of halogens is 1. The zero-order valence-electron chi connectivity index (χ0n) is 15.1. The van der Waals surface area contributed by atoms with Gasteiger partial charge in [-0.15, -0.1) is 0 Å². The molecule has 0 bridgehead atoms. The number of hydrogen-bond donors (Lipinski definition) is 1. The average molecular weight is 335 g/mol. The molecule has 1 saturated heterocycles. The van der Waals surface area contributed by atoms with Crippen molar-refractivity contribution < 1.29 is 9.18 Å². The quantitative estimate of drug-likeness (QED) is 0.867. The molecule has 1 fully saturated rings. The Bertz CT molecular complexity index is 510. The van der Waals surface area contributed by atoms with Crippen LogP contribution in [0.3, 0.4) is 0 Å². The van der Waals surface area contributed by atoms with E-state index in [0.717, 1.165) is 44.5 Å². The Hall–Kier alpha value is -1.62. The van der Waals surface area contributed by atoms with Gasteiger partial charge in [0.05, 0.1) is 0 Å². The van der Waals surface area contributed by atoms with Gasteiger partial charge in [-0.3, -0.25) is 0 Å². The van der Waals surface area contributed by atoms with Gasteiger partial charge in [0.2, 0.25) is 0 Å². The lowest BCUT2D eigenvalue weighted by atomic mass is 9.96. The lowest BCUT2D eigenvalue weighted by Gasteiger charge is -2.34. The van der Waals surface area contributed by atoms with E-state index in [1.807, 2.05) is 4.90 Å². The van der Waals surface area contributed by atoms with Gasteiger partial charge in [0, 0.05) is 32.2 Å². The van der Waals surface area contributed by atoms with Crippen LogP contribution in [-0.4, -0.2) is 55.1 Å². The Morgan fingerprint density at radius 2 is 1.92 bits per heavy atom. The first-order valence-electron chi connectivity index (χ1n) is 8.93. The number of carbonyl (C=O) groups is 1. The molecule has 0 unspecified atom stereocenters. The molecule has 5 heteroatoms. The number of likely N-dealkylation sites (tertiary alicyclic amines) is 1. The van der Waals surface area contributed by atoms with E-state index in [-0.39, 0.29) is 11.8 Å². The molecule has 0 spiro atoms. The van der Waals surface area contributed by atoms with Gasteiger partial charge >= 0.3 is 6.03 Å². The molecule has 0 atom stereocenters. The van der Waals surface area contributed by atoms with Crippen molar-refractivity contribution in [2.45, 2.75) is 39.2 Å². The number of rotatable bonds is 6. The van der Waals surface area contributed by atoms with Gasteiger partial charge in [-0.25, -0.2) is 9.18 Å². The van der Waals surface area contributed by atoms with Gasteiger partial charge in [0.15, 0.2) is 0 Å². The topological polar surface area (TPSA) is 35.6 Å². The molecule has 1 aliphatic rings. The molecule has 2 amide bonds. The first-order chi connectivity index (χ1) is 11.5. The second-order valence-electron chi connectivity index (χ2n) is 7.07. The number of hydrogen-bond acceptors (Lipinski definition) is 2. The summed E-state index contributed by atoms with van der Waals surface area (Å²) in [7, 11) is 2.17. The summed E-state index contributed by atoms with van der Waals surface area (Å²) < 4.78 is 12.9. The van der Waals surface area contributed by atoms with E-state index < -0.39 is 0 Å². The molecule has 24 heavy (non-hydrogen) atoms. The molecule has 1 aromatic rings. The van der Waals surface area contributed by atoms with Crippen LogP contribution in [0.25, 0.3) is 0 Å². The summed E-state index contributed by atoms with van der Waals surface area (Å²) in [5.41, 5.74) is 1.03. The number of carbonyl (C=O) groups excluding carboxylic acids is 1. The molecule has 134 valence electrons. The third-order valence-electron chi connectivity index (χ3n) is 4.93. The van der Waals surface area contributed by atoms with Gasteiger partial charge in [-0.2, -0.15) is 0 Å². The van der Waals surface area contributed by atoms with E-state index in [4.69, 9.17) is 0 Å². The van der Waals surface area contributed by atoms with Crippen LogP contribution in [0.2, 0.25) is 0 Å². The second kappa shape index (κ2) is 9.02. The fourth-order valence-electron chi connectivity index (χ4n) is 3.01. The van der Waals surface area contributed by atoms with E-state index >= 15 is 0 Å². The summed E-state index contributed by atoms with van der Waals surface area (Å²) in [5.74, 6) is 0.453. The Morgan fingerprint density at radius 1 is 1.29 bits per heavy atom. The van der Waals surface area contributed by atoms with Crippen molar-refractivity contribution in [1.29, 1.82) is 0 Å². The minimum absolute atomic E-state index is 0.0211. The van der Waals surface area contributed by atoms with Crippen molar-refractivity contribution in [3.63, 3.8) is 0 Å². The third-order valence-corrected chi connectivity index (χ3v) is 4.93. The zero-order valence-corrected chi connectivity index (χ0v) is 15.1. The van der Waals surface area contributed by atoms with Crippen molar-refractivity contribution in [2.75, 3.05) is 33.2 Å². The Balaban J connectivity index is 1.66. The summed E-state index contributed by atoms with van der Waals surface area (Å²) in [6.07, 6.45) is 2.87. The highest BCUT2D eigenvalue weighted by atomic mass is 19.1. The maximum absolute atomic E-state index is 12.9. The predicted molar refractivity (Wildman–Crippen MR) is 95.6 cm³/mol. The van der Waals surface area contributed by atoms with Crippen LogP contribution >= 0.6 is 0 Å². The number of nitrogens with one attached hydrogen (secondary N) is 1. The van der Waals surface area contributed by atoms with E-state index in [9.17, 15) is 9.18 Å². The van der Waals surface area contributed by atoms with Crippen LogP contribution in [0.1, 0.15) is 32.3 Å². The summed E-state index contributed by atoms with van der Waals surface area (Å²) in [5, 5.41) is 2.97. The molecule has 1 N–H and O–H groups in total. The maximum atomic E-state index is 12.9. The van der Waals surface area contributed by atoms with E-state index in [2.05, 4.69) is 31.1 Å². The first-order valence-corrected chi connectivity index (χ1v) is 8.93. The largest absolute Gasteiger partial charge is 0.338 e. The lowest BCUT2D eigenvalue weighted by Crippen LogP contribution is -2.46. The molecule has 0 radical (unpaired) electrons. The van der Waals surface area contributed by atoms with Crippen molar-refractivity contribution in [2.24, 2.45) is 5.92 Å². The third kappa shape index (κ3) is 5.78. The minimum atomic E-state index is -0.228. The first kappa shape index (κ1) is 18.7. The van der Waals surface area contributed by atoms with Gasteiger partial charge in [0.1, 0.15) is 5.82 Å². The molecule has 4 nitrogen and oxygen atoms in total. The summed E-state index contributed by atoms with van der Waals surface area (Å²) >= 11 is 0. The number of benzene rings is 1. The van der Waals surface area contributed by atoms with Gasteiger partial charge < -0.3 is 15.1 Å². The Labute approximate surface area is 145 Å². The highest BCUT2D eigenvalue weighted by molar-refractivity contribution is 5.74. The number of piperidine rings is 1. The number of urea groups is 1. The van der Waals surface area contributed by atoms with Crippen LogP contribution in [0, 0.1) is 11.7 Å². The predicted octanol–water partition coefficient (Wildman–Crippen LogP) is 3.13. The van der Waals surface area contributed by atoms with Crippen molar-refractivity contribution >= 4 is 6.03 Å². The second-order valence-corrected chi connectivity index (χ2v) is 7.07. The van der Waals surface area contributed by atoms with E-state index in [1.54, 1.807) is 12.1 Å². The van der Waals surface area contributed by atoms with Crippen molar-refractivity contribution in [3.05, 3.63) is 35.6 Å². The average Bonchev–Trinajstić information content (AvgIpc) is 2.57. The number of nitrogens with zero attached hydrogens (tertiary/aromatic N) is 2. The smallest absolute Gasteiger partial charge is 0.317 e. The van der Waals surface area contributed by atoms with Crippen LogP contribution in [-0.2, 0) is 6.42 Å². The Morgan fingerprint density at radius 3 is 2.50 bits per heavy atom. The SMILES string of the molecule is CC(C)N(C)CC1CCN(C(=O)NCCc2ccc(F)cc2)CC1.